The summed E-state index contributed by atoms with van der Waals surface area (Å²) in [6.45, 7) is 0. The number of fused-ring (bicyclic) bond motifs is 10. The van der Waals surface area contributed by atoms with E-state index in [0.717, 1.165) is 33.5 Å². The Labute approximate surface area is 320 Å². The van der Waals surface area contributed by atoms with Gasteiger partial charge in [-0.15, -0.1) is 0 Å². The molecule has 0 amide bonds. The highest BCUT2D eigenvalue weighted by Gasteiger charge is 2.28. The van der Waals surface area contributed by atoms with Gasteiger partial charge in [0.2, 0.25) is 0 Å². The minimum atomic E-state index is 0.620. The Morgan fingerprint density at radius 3 is 1.93 bits per heavy atom. The van der Waals surface area contributed by atoms with Crippen LogP contribution >= 0.6 is 11.8 Å². The zero-order chi connectivity index (χ0) is 36.0. The Morgan fingerprint density at radius 2 is 1.04 bits per heavy atom. The van der Waals surface area contributed by atoms with Gasteiger partial charge in [-0.2, -0.15) is 0 Å². The lowest BCUT2D eigenvalue weighted by Gasteiger charge is -2.21. The smallest absolute Gasteiger partial charge is 0.166 e. The number of hydrogen-bond acceptors (Lipinski definition) is 4. The third-order valence-electron chi connectivity index (χ3n) is 10.9. The highest BCUT2D eigenvalue weighted by atomic mass is 32.2. The number of aromatic nitrogens is 5. The summed E-state index contributed by atoms with van der Waals surface area (Å²) in [4.78, 5) is 18.2. The normalized spacial score (nSPS) is 12.3. The molecule has 1 aliphatic heterocycles. The van der Waals surface area contributed by atoms with E-state index in [0.29, 0.717) is 17.5 Å². The van der Waals surface area contributed by atoms with Crippen molar-refractivity contribution in [3.8, 4) is 45.5 Å². The maximum absolute atomic E-state index is 5.32. The van der Waals surface area contributed by atoms with Gasteiger partial charge in [0.1, 0.15) is 5.65 Å². The molecular weight excluding hydrogens is 691 g/mol. The SMILES string of the molecule is c1ccc(-c2nc(-c3ccc4ccc5ccccc5c4c3)nc(-c3ccccc3-n3c4ccccc4c4c5cccc6c5n(c43)-c3ccccc3S6)n2)cc1. The van der Waals surface area contributed by atoms with Crippen LogP contribution in [0, 0.1) is 0 Å². The molecule has 55 heavy (non-hydrogen) atoms. The fourth-order valence-corrected chi connectivity index (χ4v) is 9.60. The molecule has 0 unspecified atom stereocenters. The minimum absolute atomic E-state index is 0.620. The van der Waals surface area contributed by atoms with Gasteiger partial charge in [-0.25, -0.2) is 15.0 Å². The van der Waals surface area contributed by atoms with E-state index in [1.165, 1.54) is 58.7 Å². The lowest BCUT2D eigenvalue weighted by molar-refractivity contribution is 1.02. The Morgan fingerprint density at radius 1 is 0.400 bits per heavy atom. The summed E-state index contributed by atoms with van der Waals surface area (Å²) in [5, 5.41) is 8.47. The molecule has 0 saturated heterocycles. The lowest BCUT2D eigenvalue weighted by Crippen LogP contribution is -2.07. The molecule has 0 atom stereocenters. The highest BCUT2D eigenvalue weighted by Crippen LogP contribution is 2.49. The summed E-state index contributed by atoms with van der Waals surface area (Å²) >= 11 is 1.84. The van der Waals surface area contributed by atoms with Crippen LogP contribution in [0.3, 0.4) is 0 Å². The highest BCUT2D eigenvalue weighted by molar-refractivity contribution is 7.99. The van der Waals surface area contributed by atoms with Crippen LogP contribution in [0.4, 0.5) is 0 Å². The van der Waals surface area contributed by atoms with Crippen LogP contribution in [0.2, 0.25) is 0 Å². The molecule has 0 aliphatic carbocycles. The minimum Gasteiger partial charge on any atom is -0.294 e. The van der Waals surface area contributed by atoms with Crippen molar-refractivity contribution >= 4 is 66.1 Å². The largest absolute Gasteiger partial charge is 0.294 e. The molecule has 11 aromatic rings. The Hall–Kier alpha value is -7.02. The molecule has 3 aromatic heterocycles. The van der Waals surface area contributed by atoms with E-state index in [4.69, 9.17) is 15.0 Å². The summed E-state index contributed by atoms with van der Waals surface area (Å²) in [5.41, 5.74) is 8.50. The van der Waals surface area contributed by atoms with Crippen LogP contribution in [0.15, 0.2) is 186 Å². The van der Waals surface area contributed by atoms with Gasteiger partial charge in [0.25, 0.3) is 0 Å². The van der Waals surface area contributed by atoms with Crippen molar-refractivity contribution in [2.24, 2.45) is 0 Å². The summed E-state index contributed by atoms with van der Waals surface area (Å²) in [7, 11) is 0. The number of hydrogen-bond donors (Lipinski definition) is 0. The maximum Gasteiger partial charge on any atom is 0.166 e. The van der Waals surface area contributed by atoms with Crippen LogP contribution < -0.4 is 0 Å². The fraction of sp³-hybridized carbons (Fsp3) is 0. The summed E-state index contributed by atoms with van der Waals surface area (Å²) in [6, 6.07) is 62.4. The van der Waals surface area contributed by atoms with Gasteiger partial charge in [0.15, 0.2) is 17.5 Å². The van der Waals surface area contributed by atoms with Gasteiger partial charge in [-0.05, 0) is 64.0 Å². The monoisotopic (exact) mass is 719 g/mol. The predicted molar refractivity (Wildman–Crippen MR) is 226 cm³/mol. The predicted octanol–water partition coefficient (Wildman–Crippen LogP) is 12.7. The molecule has 4 heterocycles. The quantitative estimate of drug-likeness (QED) is 0.170. The molecule has 5 nitrogen and oxygen atoms in total. The van der Waals surface area contributed by atoms with Gasteiger partial charge in [-0.3, -0.25) is 9.13 Å². The van der Waals surface area contributed by atoms with E-state index in [1.807, 2.05) is 30.0 Å². The van der Waals surface area contributed by atoms with E-state index >= 15 is 0 Å². The number of nitrogens with zero attached hydrogens (tertiary/aromatic N) is 5. The number of rotatable bonds is 4. The van der Waals surface area contributed by atoms with Gasteiger partial charge < -0.3 is 0 Å². The lowest BCUT2D eigenvalue weighted by atomic mass is 10.00. The van der Waals surface area contributed by atoms with Crippen LogP contribution in [-0.2, 0) is 0 Å². The van der Waals surface area contributed by atoms with Crippen LogP contribution in [0.1, 0.15) is 0 Å². The molecule has 6 heteroatoms. The average molecular weight is 720 g/mol. The molecule has 0 spiro atoms. The average Bonchev–Trinajstić information content (AvgIpc) is 3.78. The Bertz CT molecular complexity index is 3360. The molecule has 1 aliphatic rings. The molecular formula is C49H29N5S. The first-order chi connectivity index (χ1) is 27.3. The van der Waals surface area contributed by atoms with Crippen LogP contribution in [0.5, 0.6) is 0 Å². The summed E-state index contributed by atoms with van der Waals surface area (Å²) in [5.74, 6) is 1.89. The van der Waals surface area contributed by atoms with Crippen molar-refractivity contribution in [1.29, 1.82) is 0 Å². The van der Waals surface area contributed by atoms with Crippen molar-refractivity contribution in [2.45, 2.75) is 9.79 Å². The molecule has 8 aromatic carbocycles. The van der Waals surface area contributed by atoms with E-state index in [-0.39, 0.29) is 0 Å². The first-order valence-corrected chi connectivity index (χ1v) is 19.3. The molecule has 256 valence electrons. The van der Waals surface area contributed by atoms with Gasteiger partial charge in [0.05, 0.1) is 22.4 Å². The van der Waals surface area contributed by atoms with Gasteiger partial charge in [-0.1, -0.05) is 145 Å². The second-order valence-corrected chi connectivity index (χ2v) is 15.1. The Balaban J connectivity index is 1.16. The van der Waals surface area contributed by atoms with Crippen LogP contribution in [-0.4, -0.2) is 24.1 Å². The zero-order valence-electron chi connectivity index (χ0n) is 29.4. The van der Waals surface area contributed by atoms with E-state index in [9.17, 15) is 0 Å². The first kappa shape index (κ1) is 30.4. The third-order valence-corrected chi connectivity index (χ3v) is 12.1. The molecule has 0 bridgehead atoms. The maximum atomic E-state index is 5.32. The third kappa shape index (κ3) is 4.52. The van der Waals surface area contributed by atoms with Crippen LogP contribution in [0.25, 0.3) is 99.9 Å². The van der Waals surface area contributed by atoms with Crippen molar-refractivity contribution in [2.75, 3.05) is 0 Å². The van der Waals surface area contributed by atoms with Gasteiger partial charge >= 0.3 is 0 Å². The fourth-order valence-electron chi connectivity index (χ4n) is 8.51. The molecule has 0 radical (unpaired) electrons. The van der Waals surface area contributed by atoms with Crippen molar-refractivity contribution in [3.05, 3.63) is 176 Å². The second kappa shape index (κ2) is 11.7. The van der Waals surface area contributed by atoms with Crippen molar-refractivity contribution < 1.29 is 0 Å². The molecule has 0 N–H and O–H groups in total. The first-order valence-electron chi connectivity index (χ1n) is 18.5. The van der Waals surface area contributed by atoms with Gasteiger partial charge in [0, 0.05) is 42.6 Å². The van der Waals surface area contributed by atoms with Crippen molar-refractivity contribution in [1.82, 2.24) is 24.1 Å². The molecule has 0 fully saturated rings. The van der Waals surface area contributed by atoms with E-state index in [1.54, 1.807) is 0 Å². The summed E-state index contributed by atoms with van der Waals surface area (Å²) < 4.78 is 4.89. The zero-order valence-corrected chi connectivity index (χ0v) is 30.2. The topological polar surface area (TPSA) is 48.5 Å². The number of para-hydroxylation sites is 4. The van der Waals surface area contributed by atoms with E-state index < -0.39 is 0 Å². The number of benzene rings is 8. The Kier molecular flexibility index (Phi) is 6.50. The van der Waals surface area contributed by atoms with Crippen molar-refractivity contribution in [3.63, 3.8) is 0 Å². The second-order valence-electron chi connectivity index (χ2n) is 14.0. The van der Waals surface area contributed by atoms with E-state index in [2.05, 4.69) is 167 Å². The molecule has 12 rings (SSSR count). The summed E-state index contributed by atoms with van der Waals surface area (Å²) in [6.07, 6.45) is 0. The molecule has 0 saturated carbocycles. The standard InChI is InChI=1S/C49H29N5S/c1-2-14-32(15-3-1)46-50-47(33-28-27-31-26-25-30-13-4-5-16-34(30)38(31)29-33)52-48(51-46)36-18-7-9-21-40(36)53-39-20-8-6-17-35(39)44-37-19-12-24-43-45(37)54(49(44)53)41-22-10-11-23-42(41)55-43/h1-29H.